The predicted molar refractivity (Wildman–Crippen MR) is 28.4 cm³/mol. The molecule has 1 nitrogen and oxygen atoms in total. The molecule has 0 amide bonds. The zero-order chi connectivity index (χ0) is 6.85. The number of hydrogen-bond donors (Lipinski definition) is 0. The van der Waals surface area contributed by atoms with E-state index in [9.17, 15) is 13.6 Å². The summed E-state index contributed by atoms with van der Waals surface area (Å²) in [5.74, 6) is -1.20. The van der Waals surface area contributed by atoms with Gasteiger partial charge in [-0.25, -0.2) is 8.78 Å². The minimum Gasteiger partial charge on any atom is -0.299 e. The Kier molecular flexibility index (Phi) is 1.78. The summed E-state index contributed by atoms with van der Waals surface area (Å²) in [6, 6.07) is 0. The number of halogens is 2. The fourth-order valence-corrected chi connectivity index (χ4v) is 1.11. The molecule has 0 aromatic heterocycles. The summed E-state index contributed by atoms with van der Waals surface area (Å²) in [5, 5.41) is 0. The maximum Gasteiger partial charge on any atom is 0.248 e. The van der Waals surface area contributed by atoms with Crippen molar-refractivity contribution in [1.29, 1.82) is 0 Å². The fraction of sp³-hybridized carbons (Fsp3) is 0.833. The van der Waals surface area contributed by atoms with Crippen molar-refractivity contribution < 1.29 is 13.6 Å². The Morgan fingerprint density at radius 3 is 2.44 bits per heavy atom. The third kappa shape index (κ3) is 1.26. The van der Waals surface area contributed by atoms with E-state index in [2.05, 4.69) is 0 Å². The summed E-state index contributed by atoms with van der Waals surface area (Å²) in [6.45, 7) is 0. The summed E-state index contributed by atoms with van der Waals surface area (Å²) < 4.78 is 23.5. The average Bonchev–Trinajstić information content (AvgIpc) is 2.13. The molecule has 0 saturated heterocycles. The van der Waals surface area contributed by atoms with Crippen LogP contribution >= 0.6 is 0 Å². The number of carbonyl (C=O) groups is 1. The van der Waals surface area contributed by atoms with Crippen molar-refractivity contribution in [1.82, 2.24) is 0 Å². The van der Waals surface area contributed by atoms with Crippen LogP contribution in [0.15, 0.2) is 0 Å². The van der Waals surface area contributed by atoms with E-state index in [1.54, 1.807) is 0 Å². The van der Waals surface area contributed by atoms with Crippen molar-refractivity contribution >= 4 is 5.78 Å². The molecule has 1 rings (SSSR count). The Labute approximate surface area is 52.1 Å². The van der Waals surface area contributed by atoms with E-state index in [4.69, 9.17) is 0 Å². The van der Waals surface area contributed by atoms with Crippen LogP contribution < -0.4 is 0 Å². The molecule has 0 bridgehead atoms. The second-order valence-corrected chi connectivity index (χ2v) is 2.30. The normalized spacial score (nSPS) is 27.9. The topological polar surface area (TPSA) is 17.1 Å². The van der Waals surface area contributed by atoms with Crippen molar-refractivity contribution in [3.8, 4) is 0 Å². The maximum absolute atomic E-state index is 11.8. The van der Waals surface area contributed by atoms with Gasteiger partial charge < -0.3 is 0 Å². The first kappa shape index (κ1) is 6.65. The van der Waals surface area contributed by atoms with Gasteiger partial charge in [-0.15, -0.1) is 0 Å². The van der Waals surface area contributed by atoms with Crippen LogP contribution in [-0.4, -0.2) is 12.2 Å². The van der Waals surface area contributed by atoms with Crippen molar-refractivity contribution in [2.24, 2.45) is 5.92 Å². The molecule has 1 aliphatic carbocycles. The van der Waals surface area contributed by atoms with Crippen LogP contribution in [0.5, 0.6) is 0 Å². The highest BCUT2D eigenvalue weighted by Gasteiger charge is 2.31. The second kappa shape index (κ2) is 2.42. The first-order chi connectivity index (χ1) is 4.22. The maximum atomic E-state index is 11.8. The fourth-order valence-electron chi connectivity index (χ4n) is 1.11. The Bertz CT molecular complexity index is 122. The van der Waals surface area contributed by atoms with Crippen molar-refractivity contribution in [2.45, 2.75) is 25.7 Å². The van der Waals surface area contributed by atoms with Crippen molar-refractivity contribution in [3.63, 3.8) is 0 Å². The van der Waals surface area contributed by atoms with Crippen LogP contribution in [0, 0.1) is 5.92 Å². The molecule has 0 heterocycles. The van der Waals surface area contributed by atoms with E-state index in [1.807, 2.05) is 0 Å². The van der Waals surface area contributed by atoms with Gasteiger partial charge >= 0.3 is 0 Å². The largest absolute Gasteiger partial charge is 0.299 e. The standard InChI is InChI=1S/C6H8F2O/c7-6(8)4-2-1-3-5(4)9/h4,6H,1-3H2. The van der Waals surface area contributed by atoms with E-state index in [0.29, 0.717) is 19.3 Å². The molecule has 0 aromatic rings. The number of alkyl halides is 2. The number of hydrogen-bond acceptors (Lipinski definition) is 1. The van der Waals surface area contributed by atoms with E-state index >= 15 is 0 Å². The highest BCUT2D eigenvalue weighted by atomic mass is 19.3. The van der Waals surface area contributed by atoms with Crippen LogP contribution in [0.4, 0.5) is 8.78 Å². The molecule has 0 radical (unpaired) electrons. The van der Waals surface area contributed by atoms with Gasteiger partial charge in [0, 0.05) is 6.42 Å². The average molecular weight is 134 g/mol. The molecule has 1 atom stereocenters. The summed E-state index contributed by atoms with van der Waals surface area (Å²) in [7, 11) is 0. The smallest absolute Gasteiger partial charge is 0.248 e. The van der Waals surface area contributed by atoms with Gasteiger partial charge in [-0.3, -0.25) is 4.79 Å². The monoisotopic (exact) mass is 134 g/mol. The van der Waals surface area contributed by atoms with Gasteiger partial charge in [-0.05, 0) is 12.8 Å². The third-order valence-electron chi connectivity index (χ3n) is 1.66. The lowest BCUT2D eigenvalue weighted by molar-refractivity contribution is -0.124. The van der Waals surface area contributed by atoms with Gasteiger partial charge in [-0.2, -0.15) is 0 Å². The van der Waals surface area contributed by atoms with Crippen molar-refractivity contribution in [3.05, 3.63) is 0 Å². The summed E-state index contributed by atoms with van der Waals surface area (Å²) in [5.41, 5.74) is 0. The van der Waals surface area contributed by atoms with E-state index in [0.717, 1.165) is 0 Å². The molecule has 1 fully saturated rings. The zero-order valence-corrected chi connectivity index (χ0v) is 4.94. The molecule has 0 N–H and O–H groups in total. The Hall–Kier alpha value is -0.470. The Balaban J connectivity index is 2.49. The van der Waals surface area contributed by atoms with Gasteiger partial charge in [0.15, 0.2) is 0 Å². The molecule has 3 heteroatoms. The number of carbonyl (C=O) groups excluding carboxylic acids is 1. The van der Waals surface area contributed by atoms with Gasteiger partial charge in [0.1, 0.15) is 5.78 Å². The van der Waals surface area contributed by atoms with E-state index < -0.39 is 12.3 Å². The predicted octanol–water partition coefficient (Wildman–Crippen LogP) is 1.62. The zero-order valence-electron chi connectivity index (χ0n) is 4.94. The molecule has 0 spiro atoms. The van der Waals surface area contributed by atoms with Gasteiger partial charge in [0.2, 0.25) is 6.43 Å². The lowest BCUT2D eigenvalue weighted by Crippen LogP contribution is -2.15. The Morgan fingerprint density at radius 2 is 2.22 bits per heavy atom. The molecule has 52 valence electrons. The number of ketones is 1. The molecule has 0 aromatic carbocycles. The molecular weight excluding hydrogens is 126 g/mol. The van der Waals surface area contributed by atoms with Crippen molar-refractivity contribution in [2.75, 3.05) is 0 Å². The minimum absolute atomic E-state index is 0.259. The molecule has 1 aliphatic rings. The summed E-state index contributed by atoms with van der Waals surface area (Å²) in [4.78, 5) is 10.5. The van der Waals surface area contributed by atoms with Crippen LogP contribution in [0.2, 0.25) is 0 Å². The molecule has 1 saturated carbocycles. The molecule has 1 unspecified atom stereocenters. The van der Waals surface area contributed by atoms with Crippen LogP contribution in [0.1, 0.15) is 19.3 Å². The summed E-state index contributed by atoms with van der Waals surface area (Å²) >= 11 is 0. The van der Waals surface area contributed by atoms with Gasteiger partial charge in [0.25, 0.3) is 0 Å². The third-order valence-corrected chi connectivity index (χ3v) is 1.66. The molecule has 9 heavy (non-hydrogen) atoms. The van der Waals surface area contributed by atoms with Crippen LogP contribution in [0.25, 0.3) is 0 Å². The molecule has 0 aliphatic heterocycles. The first-order valence-corrected chi connectivity index (χ1v) is 3.02. The second-order valence-electron chi connectivity index (χ2n) is 2.30. The van der Waals surface area contributed by atoms with Gasteiger partial charge in [-0.1, -0.05) is 0 Å². The quantitative estimate of drug-likeness (QED) is 0.532. The lowest BCUT2D eigenvalue weighted by Gasteiger charge is -2.02. The van der Waals surface area contributed by atoms with E-state index in [-0.39, 0.29) is 5.78 Å². The molecular formula is C6H8F2O. The summed E-state index contributed by atoms with van der Waals surface area (Å²) in [6.07, 6.45) is -1.04. The Morgan fingerprint density at radius 1 is 1.56 bits per heavy atom. The number of rotatable bonds is 1. The highest BCUT2D eigenvalue weighted by Crippen LogP contribution is 2.26. The van der Waals surface area contributed by atoms with Gasteiger partial charge in [0.05, 0.1) is 5.92 Å². The minimum atomic E-state index is -2.43. The van der Waals surface area contributed by atoms with Crippen LogP contribution in [0.3, 0.4) is 0 Å². The lowest BCUT2D eigenvalue weighted by atomic mass is 10.1. The number of Topliss-reactive ketones (excluding diaryl/α,β-unsaturated/α-hetero) is 1. The van der Waals surface area contributed by atoms with Crippen LogP contribution in [-0.2, 0) is 4.79 Å². The van der Waals surface area contributed by atoms with E-state index in [1.165, 1.54) is 0 Å². The first-order valence-electron chi connectivity index (χ1n) is 3.02. The SMILES string of the molecule is O=C1CCCC1C(F)F. The highest BCUT2D eigenvalue weighted by molar-refractivity contribution is 5.83.